The molecule has 0 saturated carbocycles. The van der Waals surface area contributed by atoms with Crippen molar-refractivity contribution in [1.82, 2.24) is 4.98 Å². The zero-order chi connectivity index (χ0) is 11.2. The first-order valence-electron chi connectivity index (χ1n) is 5.85. The Balaban J connectivity index is 1.87. The minimum atomic E-state index is 0.861. The molecule has 0 aliphatic rings. The van der Waals surface area contributed by atoms with E-state index < -0.39 is 0 Å². The lowest BCUT2D eigenvalue weighted by atomic mass is 10.1. The summed E-state index contributed by atoms with van der Waals surface area (Å²) in [7, 11) is 0. The highest BCUT2D eigenvalue weighted by molar-refractivity contribution is 5.72. The van der Waals surface area contributed by atoms with E-state index >= 15 is 0 Å². The molecule has 1 aromatic carbocycles. The quantitative estimate of drug-likeness (QED) is 0.535. The van der Waals surface area contributed by atoms with Gasteiger partial charge in [-0.15, -0.1) is 6.58 Å². The predicted octanol–water partition coefficient (Wildman–Crippen LogP) is 4.12. The van der Waals surface area contributed by atoms with Gasteiger partial charge in [0.2, 0.25) is 0 Å². The largest absolute Gasteiger partial charge is 0.441 e. The van der Waals surface area contributed by atoms with Crippen molar-refractivity contribution in [3.63, 3.8) is 0 Å². The van der Waals surface area contributed by atoms with E-state index in [0.29, 0.717) is 0 Å². The Morgan fingerprint density at radius 3 is 2.88 bits per heavy atom. The monoisotopic (exact) mass is 215 g/mol. The van der Waals surface area contributed by atoms with Crippen LogP contribution >= 0.6 is 0 Å². The number of aromatic nitrogens is 1. The molecule has 2 nitrogen and oxygen atoms in total. The van der Waals surface area contributed by atoms with E-state index in [4.69, 9.17) is 4.42 Å². The van der Waals surface area contributed by atoms with E-state index in [0.717, 1.165) is 36.3 Å². The standard InChI is InChI=1S/C14H17NO/c1-2-3-4-5-6-11-14-15-12-9-7-8-10-13(12)16-14/h2,7-10H,1,3-6,11H2. The maximum atomic E-state index is 5.64. The zero-order valence-electron chi connectivity index (χ0n) is 9.48. The lowest BCUT2D eigenvalue weighted by Gasteiger charge is -1.95. The summed E-state index contributed by atoms with van der Waals surface area (Å²) >= 11 is 0. The van der Waals surface area contributed by atoms with Gasteiger partial charge in [0.1, 0.15) is 5.52 Å². The number of aryl methyl sites for hydroxylation is 1. The molecule has 2 rings (SSSR count). The molecule has 0 fully saturated rings. The smallest absolute Gasteiger partial charge is 0.195 e. The van der Waals surface area contributed by atoms with E-state index in [1.165, 1.54) is 12.8 Å². The Labute approximate surface area is 96.0 Å². The summed E-state index contributed by atoms with van der Waals surface area (Å²) in [6, 6.07) is 7.91. The van der Waals surface area contributed by atoms with Crippen LogP contribution in [0.25, 0.3) is 11.1 Å². The maximum absolute atomic E-state index is 5.64. The number of allylic oxidation sites excluding steroid dienone is 1. The minimum Gasteiger partial charge on any atom is -0.441 e. The summed E-state index contributed by atoms with van der Waals surface area (Å²) in [6.07, 6.45) is 7.58. The van der Waals surface area contributed by atoms with Gasteiger partial charge in [-0.25, -0.2) is 4.98 Å². The summed E-state index contributed by atoms with van der Waals surface area (Å²) in [6.45, 7) is 3.71. The van der Waals surface area contributed by atoms with Gasteiger partial charge < -0.3 is 4.42 Å². The third kappa shape index (κ3) is 2.72. The van der Waals surface area contributed by atoms with Crippen molar-refractivity contribution in [3.05, 3.63) is 42.8 Å². The molecule has 1 aromatic heterocycles. The Morgan fingerprint density at radius 2 is 2.06 bits per heavy atom. The Hall–Kier alpha value is -1.57. The molecule has 0 unspecified atom stereocenters. The predicted molar refractivity (Wildman–Crippen MR) is 66.4 cm³/mol. The van der Waals surface area contributed by atoms with Crippen molar-refractivity contribution < 1.29 is 4.42 Å². The molecule has 0 radical (unpaired) electrons. The van der Waals surface area contributed by atoms with Crippen LogP contribution in [-0.4, -0.2) is 4.98 Å². The van der Waals surface area contributed by atoms with Gasteiger partial charge in [0.15, 0.2) is 11.5 Å². The molecule has 0 aliphatic carbocycles. The van der Waals surface area contributed by atoms with Crippen LogP contribution in [0.5, 0.6) is 0 Å². The highest BCUT2D eigenvalue weighted by Crippen LogP contribution is 2.16. The van der Waals surface area contributed by atoms with Crippen LogP contribution in [0.2, 0.25) is 0 Å². The van der Waals surface area contributed by atoms with Gasteiger partial charge in [-0.2, -0.15) is 0 Å². The summed E-state index contributed by atoms with van der Waals surface area (Å²) in [4.78, 5) is 4.44. The van der Waals surface area contributed by atoms with E-state index in [2.05, 4.69) is 11.6 Å². The van der Waals surface area contributed by atoms with Crippen molar-refractivity contribution in [3.8, 4) is 0 Å². The first-order valence-corrected chi connectivity index (χ1v) is 5.85. The van der Waals surface area contributed by atoms with Gasteiger partial charge in [0.25, 0.3) is 0 Å². The fourth-order valence-corrected chi connectivity index (χ4v) is 1.77. The SMILES string of the molecule is C=CCCCCCc1nc2ccccc2o1. The van der Waals surface area contributed by atoms with Gasteiger partial charge in [-0.3, -0.25) is 0 Å². The van der Waals surface area contributed by atoms with Crippen LogP contribution in [-0.2, 0) is 6.42 Å². The van der Waals surface area contributed by atoms with Crippen LogP contribution in [0.15, 0.2) is 41.3 Å². The number of oxazole rings is 1. The summed E-state index contributed by atoms with van der Waals surface area (Å²) in [5.74, 6) is 0.861. The fourth-order valence-electron chi connectivity index (χ4n) is 1.77. The first-order chi connectivity index (χ1) is 7.90. The summed E-state index contributed by atoms with van der Waals surface area (Å²) < 4.78 is 5.64. The van der Waals surface area contributed by atoms with E-state index in [9.17, 15) is 0 Å². The second kappa shape index (κ2) is 5.50. The van der Waals surface area contributed by atoms with Crippen molar-refractivity contribution in [2.24, 2.45) is 0 Å². The van der Waals surface area contributed by atoms with Crippen molar-refractivity contribution in [1.29, 1.82) is 0 Å². The number of hydrogen-bond acceptors (Lipinski definition) is 2. The fraction of sp³-hybridized carbons (Fsp3) is 0.357. The molecular formula is C14H17NO. The summed E-state index contributed by atoms with van der Waals surface area (Å²) in [5.41, 5.74) is 1.85. The highest BCUT2D eigenvalue weighted by Gasteiger charge is 2.03. The molecule has 2 aromatic rings. The molecule has 16 heavy (non-hydrogen) atoms. The molecule has 0 spiro atoms. The van der Waals surface area contributed by atoms with Crippen LogP contribution < -0.4 is 0 Å². The average molecular weight is 215 g/mol. The van der Waals surface area contributed by atoms with E-state index in [-0.39, 0.29) is 0 Å². The lowest BCUT2D eigenvalue weighted by Crippen LogP contribution is -1.85. The topological polar surface area (TPSA) is 26.0 Å². The molecule has 0 amide bonds. The van der Waals surface area contributed by atoms with Gasteiger partial charge in [0.05, 0.1) is 0 Å². The second-order valence-electron chi connectivity index (χ2n) is 3.96. The number of benzene rings is 1. The molecule has 84 valence electrons. The number of unbranched alkanes of at least 4 members (excludes halogenated alkanes) is 3. The minimum absolute atomic E-state index is 0.861. The van der Waals surface area contributed by atoms with Crippen molar-refractivity contribution >= 4 is 11.1 Å². The highest BCUT2D eigenvalue weighted by atomic mass is 16.3. The first kappa shape index (κ1) is 10.9. The van der Waals surface area contributed by atoms with Crippen LogP contribution in [0.3, 0.4) is 0 Å². The van der Waals surface area contributed by atoms with E-state index in [1.54, 1.807) is 0 Å². The number of hydrogen-bond donors (Lipinski definition) is 0. The molecule has 0 aliphatic heterocycles. The molecular weight excluding hydrogens is 198 g/mol. The molecule has 1 heterocycles. The Bertz CT molecular complexity index is 425. The van der Waals surface area contributed by atoms with Crippen LogP contribution in [0.4, 0.5) is 0 Å². The number of nitrogens with zero attached hydrogens (tertiary/aromatic N) is 1. The summed E-state index contributed by atoms with van der Waals surface area (Å²) in [5, 5.41) is 0. The molecule has 0 atom stereocenters. The number of para-hydroxylation sites is 2. The van der Waals surface area contributed by atoms with Gasteiger partial charge in [0, 0.05) is 6.42 Å². The zero-order valence-corrected chi connectivity index (χ0v) is 9.48. The van der Waals surface area contributed by atoms with Crippen LogP contribution in [0.1, 0.15) is 31.6 Å². The third-order valence-electron chi connectivity index (χ3n) is 2.64. The van der Waals surface area contributed by atoms with Crippen LogP contribution in [0, 0.1) is 0 Å². The Morgan fingerprint density at radius 1 is 1.19 bits per heavy atom. The lowest BCUT2D eigenvalue weighted by molar-refractivity contribution is 0.510. The third-order valence-corrected chi connectivity index (χ3v) is 2.64. The van der Waals surface area contributed by atoms with Crippen molar-refractivity contribution in [2.75, 3.05) is 0 Å². The van der Waals surface area contributed by atoms with E-state index in [1.807, 2.05) is 30.3 Å². The molecule has 0 bridgehead atoms. The normalized spacial score (nSPS) is 10.8. The van der Waals surface area contributed by atoms with Crippen molar-refractivity contribution in [2.45, 2.75) is 32.1 Å². The van der Waals surface area contributed by atoms with Gasteiger partial charge in [-0.1, -0.05) is 24.6 Å². The second-order valence-corrected chi connectivity index (χ2v) is 3.96. The van der Waals surface area contributed by atoms with Gasteiger partial charge in [-0.05, 0) is 31.4 Å². The molecule has 2 heteroatoms. The number of fused-ring (bicyclic) bond motifs is 1. The molecule has 0 N–H and O–H groups in total. The average Bonchev–Trinajstić information content (AvgIpc) is 2.71. The Kier molecular flexibility index (Phi) is 3.76. The molecule has 0 saturated heterocycles. The van der Waals surface area contributed by atoms with Gasteiger partial charge >= 0.3 is 0 Å². The number of rotatable bonds is 6. The maximum Gasteiger partial charge on any atom is 0.195 e.